The van der Waals surface area contributed by atoms with E-state index in [1.54, 1.807) is 13.0 Å². The summed E-state index contributed by atoms with van der Waals surface area (Å²) >= 11 is 1.27. The van der Waals surface area contributed by atoms with Crippen LogP contribution in [0.3, 0.4) is 0 Å². The molecule has 1 aromatic carbocycles. The van der Waals surface area contributed by atoms with Crippen molar-refractivity contribution in [2.75, 3.05) is 12.4 Å². The molecule has 22 heavy (non-hydrogen) atoms. The number of aryl methyl sites for hydroxylation is 1. The molecule has 1 aromatic heterocycles. The highest BCUT2D eigenvalue weighted by Crippen LogP contribution is 2.26. The van der Waals surface area contributed by atoms with Crippen LogP contribution in [0.4, 0.5) is 0 Å². The Labute approximate surface area is 133 Å². The van der Waals surface area contributed by atoms with Gasteiger partial charge in [-0.25, -0.2) is 4.68 Å². The van der Waals surface area contributed by atoms with Gasteiger partial charge in [-0.2, -0.15) is 0 Å². The van der Waals surface area contributed by atoms with Gasteiger partial charge in [0.25, 0.3) is 0 Å². The van der Waals surface area contributed by atoms with Crippen LogP contribution in [-0.2, 0) is 4.79 Å². The molecule has 1 atom stereocenters. The lowest BCUT2D eigenvalue weighted by Crippen LogP contribution is -2.31. The molecular formula is C15H19N5OS. The molecule has 0 saturated heterocycles. The van der Waals surface area contributed by atoms with E-state index in [0.29, 0.717) is 17.5 Å². The van der Waals surface area contributed by atoms with E-state index >= 15 is 0 Å². The predicted molar refractivity (Wildman–Crippen MR) is 88.9 cm³/mol. The standard InChI is InChI=1S/C15H19N5OS/c1-4-9-17-14(21)11(3)22-15-19-18-13(20(15)16)12-8-6-5-7-10(12)2/h4-8,11H,1,9,16H2,2-3H3,(H,17,21)/t11-/m0/s1. The maximum Gasteiger partial charge on any atom is 0.233 e. The van der Waals surface area contributed by atoms with Crippen LogP contribution in [0.25, 0.3) is 11.4 Å². The van der Waals surface area contributed by atoms with E-state index in [1.807, 2.05) is 31.2 Å². The van der Waals surface area contributed by atoms with Gasteiger partial charge < -0.3 is 11.2 Å². The summed E-state index contributed by atoms with van der Waals surface area (Å²) in [7, 11) is 0. The van der Waals surface area contributed by atoms with Crippen LogP contribution in [0.5, 0.6) is 0 Å². The van der Waals surface area contributed by atoms with Gasteiger partial charge in [0.05, 0.1) is 5.25 Å². The number of carbonyl (C=O) groups excluding carboxylic acids is 1. The van der Waals surface area contributed by atoms with Crippen molar-refractivity contribution in [2.45, 2.75) is 24.3 Å². The van der Waals surface area contributed by atoms with Gasteiger partial charge in [-0.15, -0.1) is 16.8 Å². The summed E-state index contributed by atoms with van der Waals surface area (Å²) in [6.45, 7) is 7.79. The molecule has 0 bridgehead atoms. The van der Waals surface area contributed by atoms with Crippen molar-refractivity contribution in [3.05, 3.63) is 42.5 Å². The molecule has 0 aliphatic rings. The van der Waals surface area contributed by atoms with Crippen LogP contribution in [0.1, 0.15) is 12.5 Å². The maximum absolute atomic E-state index is 11.9. The van der Waals surface area contributed by atoms with Crippen molar-refractivity contribution in [3.63, 3.8) is 0 Å². The molecule has 7 heteroatoms. The van der Waals surface area contributed by atoms with Gasteiger partial charge in [0.15, 0.2) is 5.82 Å². The number of nitrogens with zero attached hydrogens (tertiary/aromatic N) is 3. The second-order valence-electron chi connectivity index (χ2n) is 4.79. The Bertz CT molecular complexity index is 682. The zero-order valence-electron chi connectivity index (χ0n) is 12.6. The number of benzene rings is 1. The quantitative estimate of drug-likeness (QED) is 0.481. The molecule has 0 aliphatic heterocycles. The Morgan fingerprint density at radius 2 is 2.23 bits per heavy atom. The fourth-order valence-corrected chi connectivity index (χ4v) is 2.69. The van der Waals surface area contributed by atoms with E-state index in [9.17, 15) is 4.79 Å². The van der Waals surface area contributed by atoms with Gasteiger partial charge in [0.1, 0.15) is 0 Å². The van der Waals surface area contributed by atoms with Crippen molar-refractivity contribution < 1.29 is 4.79 Å². The number of hydrogen-bond acceptors (Lipinski definition) is 5. The van der Waals surface area contributed by atoms with Crippen LogP contribution in [0.15, 0.2) is 42.1 Å². The van der Waals surface area contributed by atoms with Crippen molar-refractivity contribution >= 4 is 17.7 Å². The predicted octanol–water partition coefficient (Wildman–Crippen LogP) is 1.75. The fourth-order valence-electron chi connectivity index (χ4n) is 1.89. The summed E-state index contributed by atoms with van der Waals surface area (Å²) < 4.78 is 1.42. The monoisotopic (exact) mass is 317 g/mol. The first-order valence-corrected chi connectivity index (χ1v) is 7.74. The SMILES string of the molecule is C=CCNC(=O)[C@H](C)Sc1nnc(-c2ccccc2C)n1N. The van der Waals surface area contributed by atoms with E-state index in [2.05, 4.69) is 22.1 Å². The average molecular weight is 317 g/mol. The third-order valence-electron chi connectivity index (χ3n) is 3.12. The second kappa shape index (κ2) is 7.13. The molecule has 0 radical (unpaired) electrons. The molecular weight excluding hydrogens is 298 g/mol. The first kappa shape index (κ1) is 16.1. The molecule has 0 aliphatic carbocycles. The Kier molecular flexibility index (Phi) is 5.21. The summed E-state index contributed by atoms with van der Waals surface area (Å²) in [4.78, 5) is 11.9. The number of nitrogens with two attached hydrogens (primary N) is 1. The highest BCUT2D eigenvalue weighted by atomic mass is 32.2. The highest BCUT2D eigenvalue weighted by Gasteiger charge is 2.19. The molecule has 0 fully saturated rings. The lowest BCUT2D eigenvalue weighted by molar-refractivity contribution is -0.120. The Morgan fingerprint density at radius 1 is 1.50 bits per heavy atom. The van der Waals surface area contributed by atoms with E-state index in [0.717, 1.165) is 11.1 Å². The number of thioether (sulfide) groups is 1. The number of aromatic nitrogens is 3. The average Bonchev–Trinajstić information content (AvgIpc) is 2.86. The normalized spacial score (nSPS) is 11.9. The zero-order chi connectivity index (χ0) is 16.1. The molecule has 116 valence electrons. The van der Waals surface area contributed by atoms with Crippen LogP contribution in [0.2, 0.25) is 0 Å². The first-order valence-electron chi connectivity index (χ1n) is 6.86. The highest BCUT2D eigenvalue weighted by molar-refractivity contribution is 8.00. The van der Waals surface area contributed by atoms with E-state index < -0.39 is 0 Å². The molecule has 0 unspecified atom stereocenters. The number of rotatable bonds is 6. The summed E-state index contributed by atoms with van der Waals surface area (Å²) in [6.07, 6.45) is 1.64. The topological polar surface area (TPSA) is 85.8 Å². The van der Waals surface area contributed by atoms with Gasteiger partial charge in [-0.05, 0) is 19.4 Å². The molecule has 2 aromatic rings. The van der Waals surface area contributed by atoms with Crippen molar-refractivity contribution in [3.8, 4) is 11.4 Å². The first-order chi connectivity index (χ1) is 10.5. The summed E-state index contributed by atoms with van der Waals surface area (Å²) in [5.41, 5.74) is 1.99. The number of nitrogen functional groups attached to an aromatic ring is 1. The molecule has 1 amide bonds. The second-order valence-corrected chi connectivity index (χ2v) is 6.09. The van der Waals surface area contributed by atoms with E-state index in [4.69, 9.17) is 5.84 Å². The van der Waals surface area contributed by atoms with Gasteiger partial charge in [0.2, 0.25) is 11.1 Å². The van der Waals surface area contributed by atoms with Crippen molar-refractivity contribution in [1.82, 2.24) is 20.2 Å². The van der Waals surface area contributed by atoms with Crippen LogP contribution in [0, 0.1) is 6.92 Å². The Hall–Kier alpha value is -2.28. The molecule has 6 nitrogen and oxygen atoms in total. The van der Waals surface area contributed by atoms with E-state index in [-0.39, 0.29) is 11.2 Å². The molecule has 3 N–H and O–H groups in total. The minimum atomic E-state index is -0.323. The number of carbonyl (C=O) groups is 1. The number of hydrogen-bond donors (Lipinski definition) is 2. The lowest BCUT2D eigenvalue weighted by atomic mass is 10.1. The fraction of sp³-hybridized carbons (Fsp3) is 0.267. The lowest BCUT2D eigenvalue weighted by Gasteiger charge is -2.10. The molecule has 0 spiro atoms. The van der Waals surface area contributed by atoms with Crippen molar-refractivity contribution in [1.29, 1.82) is 0 Å². The smallest absolute Gasteiger partial charge is 0.233 e. The van der Waals surface area contributed by atoms with Crippen LogP contribution in [-0.4, -0.2) is 32.6 Å². The summed E-state index contributed by atoms with van der Waals surface area (Å²) in [5, 5.41) is 11.1. The van der Waals surface area contributed by atoms with Gasteiger partial charge in [-0.3, -0.25) is 4.79 Å². The van der Waals surface area contributed by atoms with E-state index in [1.165, 1.54) is 16.4 Å². The number of amides is 1. The van der Waals surface area contributed by atoms with Gasteiger partial charge >= 0.3 is 0 Å². The Balaban J connectivity index is 2.16. The Morgan fingerprint density at radius 3 is 2.91 bits per heavy atom. The minimum absolute atomic E-state index is 0.0923. The largest absolute Gasteiger partial charge is 0.352 e. The van der Waals surface area contributed by atoms with Crippen LogP contribution < -0.4 is 11.2 Å². The molecule has 2 rings (SSSR count). The third kappa shape index (κ3) is 3.48. The van der Waals surface area contributed by atoms with Gasteiger partial charge in [-0.1, -0.05) is 42.1 Å². The number of nitrogens with one attached hydrogen (secondary N) is 1. The van der Waals surface area contributed by atoms with Gasteiger partial charge in [0, 0.05) is 12.1 Å². The molecule has 1 heterocycles. The third-order valence-corrected chi connectivity index (χ3v) is 4.18. The molecule has 0 saturated carbocycles. The van der Waals surface area contributed by atoms with Crippen molar-refractivity contribution in [2.24, 2.45) is 0 Å². The summed E-state index contributed by atoms with van der Waals surface area (Å²) in [5.74, 6) is 6.57. The van der Waals surface area contributed by atoms with Crippen LogP contribution >= 0.6 is 11.8 Å². The maximum atomic E-state index is 11.9. The minimum Gasteiger partial charge on any atom is -0.352 e. The zero-order valence-corrected chi connectivity index (χ0v) is 13.4. The summed E-state index contributed by atoms with van der Waals surface area (Å²) in [6, 6.07) is 7.81.